The Hall–Kier alpha value is -3.69. The molecule has 0 bridgehead atoms. The topological polar surface area (TPSA) is 82.5 Å². The molecule has 1 unspecified atom stereocenters. The Labute approximate surface area is 196 Å². The molecular weight excluding hydrogens is 437 g/mol. The van der Waals surface area contributed by atoms with Crippen molar-refractivity contribution in [2.45, 2.75) is 6.10 Å². The largest absolute Gasteiger partial charge is 0.480 e. The van der Waals surface area contributed by atoms with Gasteiger partial charge in [0.05, 0.1) is 37.2 Å². The van der Waals surface area contributed by atoms with Crippen molar-refractivity contribution >= 4 is 16.6 Å². The number of benzene rings is 2. The maximum absolute atomic E-state index is 15.1. The van der Waals surface area contributed by atoms with Crippen LogP contribution in [0.5, 0.6) is 5.88 Å². The molecule has 1 saturated heterocycles. The number of aromatic nitrogens is 4. The van der Waals surface area contributed by atoms with Crippen LogP contribution in [0, 0.1) is 5.82 Å². The van der Waals surface area contributed by atoms with Gasteiger partial charge >= 0.3 is 0 Å². The van der Waals surface area contributed by atoms with Crippen molar-refractivity contribution in [3.05, 3.63) is 71.9 Å². The molecule has 4 aromatic rings. The first-order valence-electron chi connectivity index (χ1n) is 11.0. The van der Waals surface area contributed by atoms with Crippen molar-refractivity contribution in [2.75, 3.05) is 45.4 Å². The second-order valence-corrected chi connectivity index (χ2v) is 7.88. The zero-order valence-electron chi connectivity index (χ0n) is 18.9. The van der Waals surface area contributed by atoms with Gasteiger partial charge in [0.15, 0.2) is 0 Å². The Morgan fingerprint density at radius 1 is 0.971 bits per heavy atom. The fourth-order valence-electron chi connectivity index (χ4n) is 4.17. The zero-order valence-corrected chi connectivity index (χ0v) is 18.9. The first kappa shape index (κ1) is 22.1. The van der Waals surface area contributed by atoms with Crippen LogP contribution in [0.2, 0.25) is 0 Å². The highest BCUT2D eigenvalue weighted by Crippen LogP contribution is 2.33. The van der Waals surface area contributed by atoms with Gasteiger partial charge < -0.3 is 19.1 Å². The normalized spacial score (nSPS) is 14.9. The molecule has 0 radical (unpaired) electrons. The Kier molecular flexibility index (Phi) is 6.29. The maximum atomic E-state index is 15.1. The van der Waals surface area contributed by atoms with Gasteiger partial charge in [0.1, 0.15) is 18.2 Å². The predicted octanol–water partition coefficient (Wildman–Crippen LogP) is 3.81. The highest BCUT2D eigenvalue weighted by Gasteiger charge is 2.20. The number of nitrogens with zero attached hydrogens (tertiary/aromatic N) is 5. The minimum Gasteiger partial charge on any atom is -0.480 e. The van der Waals surface area contributed by atoms with E-state index in [4.69, 9.17) is 14.2 Å². The van der Waals surface area contributed by atoms with Gasteiger partial charge in [-0.25, -0.2) is 14.4 Å². The third kappa shape index (κ3) is 4.27. The first-order valence-corrected chi connectivity index (χ1v) is 11.0. The summed E-state index contributed by atoms with van der Waals surface area (Å²) in [4.78, 5) is 11.1. The van der Waals surface area contributed by atoms with E-state index in [0.29, 0.717) is 36.0 Å². The molecule has 5 rings (SSSR count). The fourth-order valence-corrected chi connectivity index (χ4v) is 4.17. The lowest BCUT2D eigenvalue weighted by Crippen LogP contribution is -2.36. The van der Waals surface area contributed by atoms with E-state index in [1.807, 2.05) is 18.2 Å². The molecule has 9 heteroatoms. The Morgan fingerprint density at radius 2 is 1.82 bits per heavy atom. The van der Waals surface area contributed by atoms with Gasteiger partial charge in [-0.15, -0.1) is 10.2 Å². The lowest BCUT2D eigenvalue weighted by Gasteiger charge is -2.29. The molecule has 0 N–H and O–H groups in total. The summed E-state index contributed by atoms with van der Waals surface area (Å²) in [6, 6.07) is 14.3. The second kappa shape index (κ2) is 9.66. The minimum atomic E-state index is -0.529. The Morgan fingerprint density at radius 3 is 2.56 bits per heavy atom. The predicted molar refractivity (Wildman–Crippen MR) is 125 cm³/mol. The van der Waals surface area contributed by atoms with E-state index in [-0.39, 0.29) is 5.82 Å². The third-order valence-corrected chi connectivity index (χ3v) is 5.92. The van der Waals surface area contributed by atoms with Crippen LogP contribution in [0.3, 0.4) is 0 Å². The van der Waals surface area contributed by atoms with Gasteiger partial charge in [-0.1, -0.05) is 6.07 Å². The number of anilines is 1. The van der Waals surface area contributed by atoms with Gasteiger partial charge in [-0.2, -0.15) is 0 Å². The van der Waals surface area contributed by atoms with E-state index in [9.17, 15) is 0 Å². The highest BCUT2D eigenvalue weighted by atomic mass is 19.1. The number of hydrogen-bond donors (Lipinski definition) is 0. The standard InChI is InChI=1S/C25H24FN5O3/c1-32-23-8-7-21(29-30-23)25(33-2)16-3-6-20(26)19(13-16)24-18-5-4-17(14-22(18)27-15-28-24)31-9-11-34-12-10-31/h3-8,13-15,25H,9-12H2,1-2H3. The van der Waals surface area contributed by atoms with Crippen molar-refractivity contribution < 1.29 is 18.6 Å². The molecule has 1 atom stereocenters. The van der Waals surface area contributed by atoms with Crippen LogP contribution in [0.4, 0.5) is 10.1 Å². The molecule has 8 nitrogen and oxygen atoms in total. The van der Waals surface area contributed by atoms with Crippen molar-refractivity contribution in [1.29, 1.82) is 0 Å². The number of fused-ring (bicyclic) bond motifs is 1. The molecule has 3 heterocycles. The Bertz CT molecular complexity index is 1300. The highest BCUT2D eigenvalue weighted by molar-refractivity contribution is 5.94. The summed E-state index contributed by atoms with van der Waals surface area (Å²) in [5, 5.41) is 8.98. The van der Waals surface area contributed by atoms with E-state index in [0.717, 1.165) is 35.2 Å². The third-order valence-electron chi connectivity index (χ3n) is 5.92. The molecule has 0 spiro atoms. The summed E-state index contributed by atoms with van der Waals surface area (Å²) in [6.07, 6.45) is 0.939. The van der Waals surface area contributed by atoms with Crippen LogP contribution in [-0.4, -0.2) is 60.7 Å². The lowest BCUT2D eigenvalue weighted by molar-refractivity contribution is 0.122. The Balaban J connectivity index is 1.54. The molecule has 2 aromatic heterocycles. The molecular formula is C25H24FN5O3. The zero-order chi connectivity index (χ0) is 23.5. The monoisotopic (exact) mass is 461 g/mol. The van der Waals surface area contributed by atoms with Crippen LogP contribution in [0.25, 0.3) is 22.2 Å². The van der Waals surface area contributed by atoms with Crippen LogP contribution >= 0.6 is 0 Å². The summed E-state index contributed by atoms with van der Waals surface area (Å²) in [5.74, 6) is 0.0268. The second-order valence-electron chi connectivity index (χ2n) is 7.88. The van der Waals surface area contributed by atoms with E-state index in [1.165, 1.54) is 19.5 Å². The van der Waals surface area contributed by atoms with Crippen LogP contribution < -0.4 is 9.64 Å². The molecule has 0 aliphatic carbocycles. The van der Waals surface area contributed by atoms with Crippen molar-refractivity contribution in [3.63, 3.8) is 0 Å². The fraction of sp³-hybridized carbons (Fsp3) is 0.280. The minimum absolute atomic E-state index is 0.368. The molecule has 2 aromatic carbocycles. The van der Waals surface area contributed by atoms with E-state index >= 15 is 4.39 Å². The van der Waals surface area contributed by atoms with Crippen LogP contribution in [-0.2, 0) is 9.47 Å². The number of rotatable bonds is 6. The van der Waals surface area contributed by atoms with E-state index in [1.54, 1.807) is 31.4 Å². The van der Waals surface area contributed by atoms with E-state index in [2.05, 4.69) is 25.1 Å². The first-order chi connectivity index (χ1) is 16.7. The molecule has 0 saturated carbocycles. The molecule has 0 amide bonds. The van der Waals surface area contributed by atoms with Crippen molar-refractivity contribution in [1.82, 2.24) is 20.2 Å². The number of ether oxygens (including phenoxy) is 3. The van der Waals surface area contributed by atoms with Crippen LogP contribution in [0.1, 0.15) is 17.4 Å². The molecule has 1 aliphatic rings. The van der Waals surface area contributed by atoms with Gasteiger partial charge in [0, 0.05) is 42.9 Å². The van der Waals surface area contributed by atoms with E-state index < -0.39 is 6.10 Å². The summed E-state index contributed by atoms with van der Waals surface area (Å²) < 4.78 is 31.3. The number of methoxy groups -OCH3 is 2. The average molecular weight is 461 g/mol. The smallest absolute Gasteiger partial charge is 0.233 e. The number of halogens is 1. The molecule has 34 heavy (non-hydrogen) atoms. The van der Waals surface area contributed by atoms with Gasteiger partial charge in [-0.3, -0.25) is 0 Å². The summed E-state index contributed by atoms with van der Waals surface area (Å²) in [5.41, 5.74) is 4.02. The van der Waals surface area contributed by atoms with Crippen LogP contribution in [0.15, 0.2) is 54.9 Å². The van der Waals surface area contributed by atoms with Gasteiger partial charge in [0.25, 0.3) is 0 Å². The van der Waals surface area contributed by atoms with Gasteiger partial charge in [0.2, 0.25) is 5.88 Å². The molecule has 174 valence electrons. The van der Waals surface area contributed by atoms with Gasteiger partial charge in [-0.05, 0) is 42.0 Å². The quantitative estimate of drug-likeness (QED) is 0.429. The van der Waals surface area contributed by atoms with Crippen molar-refractivity contribution in [2.24, 2.45) is 0 Å². The average Bonchev–Trinajstić information content (AvgIpc) is 2.90. The number of morpholine rings is 1. The molecule has 1 fully saturated rings. The SMILES string of the molecule is COc1ccc(C(OC)c2ccc(F)c(-c3ncnc4cc(N5CCOCC5)ccc34)c2)nn1. The summed E-state index contributed by atoms with van der Waals surface area (Å²) >= 11 is 0. The lowest BCUT2D eigenvalue weighted by atomic mass is 9.99. The summed E-state index contributed by atoms with van der Waals surface area (Å²) in [6.45, 7) is 3.05. The maximum Gasteiger partial charge on any atom is 0.233 e. The number of hydrogen-bond acceptors (Lipinski definition) is 8. The molecule has 1 aliphatic heterocycles. The summed E-state index contributed by atoms with van der Waals surface area (Å²) in [7, 11) is 3.10. The van der Waals surface area contributed by atoms with Crippen molar-refractivity contribution in [3.8, 4) is 17.1 Å².